The normalized spacial score (nSPS) is 9.89. The van der Waals surface area contributed by atoms with Crippen LogP contribution in [0.3, 0.4) is 0 Å². The van der Waals surface area contributed by atoms with E-state index in [9.17, 15) is 9.59 Å². The first-order valence-electron chi connectivity index (χ1n) is 6.06. The molecule has 0 bridgehead atoms. The lowest BCUT2D eigenvalue weighted by molar-refractivity contribution is -0.140. The minimum atomic E-state index is -0.227. The predicted molar refractivity (Wildman–Crippen MR) is 70.3 cm³/mol. The van der Waals surface area contributed by atoms with Gasteiger partial charge in [0.2, 0.25) is 5.91 Å². The number of hydrogen-bond acceptors (Lipinski definition) is 3. The highest BCUT2D eigenvalue weighted by atomic mass is 16.5. The molecule has 0 aromatic heterocycles. The zero-order valence-electron chi connectivity index (χ0n) is 10.9. The van der Waals surface area contributed by atoms with Crippen molar-refractivity contribution in [1.29, 1.82) is 0 Å². The Bertz CT molecular complexity index is 415. The molecule has 0 fully saturated rings. The molecular formula is C14H19NO3. The Balaban J connectivity index is 2.26. The van der Waals surface area contributed by atoms with Crippen LogP contribution in [0.15, 0.2) is 24.3 Å². The van der Waals surface area contributed by atoms with Crippen LogP contribution < -0.4 is 5.32 Å². The molecule has 0 aliphatic heterocycles. The maximum absolute atomic E-state index is 11.7. The van der Waals surface area contributed by atoms with Crippen LogP contribution in [0.5, 0.6) is 0 Å². The van der Waals surface area contributed by atoms with Gasteiger partial charge in [0.15, 0.2) is 0 Å². The molecule has 1 amide bonds. The maximum Gasteiger partial charge on any atom is 0.305 e. The Kier molecular flexibility index (Phi) is 5.91. The van der Waals surface area contributed by atoms with Crippen LogP contribution >= 0.6 is 0 Å². The Morgan fingerprint density at radius 2 is 1.83 bits per heavy atom. The number of amides is 1. The number of hydrogen-bond donors (Lipinski definition) is 1. The molecule has 4 heteroatoms. The highest BCUT2D eigenvalue weighted by Crippen LogP contribution is 2.13. The Morgan fingerprint density at radius 3 is 2.50 bits per heavy atom. The van der Waals surface area contributed by atoms with E-state index in [0.717, 1.165) is 11.3 Å². The molecule has 4 nitrogen and oxygen atoms in total. The number of esters is 1. The molecule has 0 aliphatic carbocycles. The number of ether oxygens (including phenoxy) is 1. The van der Waals surface area contributed by atoms with Crippen molar-refractivity contribution >= 4 is 17.6 Å². The molecule has 1 N–H and O–H groups in total. The summed E-state index contributed by atoms with van der Waals surface area (Å²) in [5, 5.41) is 2.86. The first-order valence-corrected chi connectivity index (χ1v) is 6.06. The van der Waals surface area contributed by atoms with E-state index in [-0.39, 0.29) is 11.9 Å². The van der Waals surface area contributed by atoms with E-state index in [1.165, 1.54) is 7.11 Å². The van der Waals surface area contributed by atoms with Crippen LogP contribution in [0, 0.1) is 6.92 Å². The summed E-state index contributed by atoms with van der Waals surface area (Å²) in [6.45, 7) is 1.95. The third-order valence-electron chi connectivity index (χ3n) is 2.68. The molecule has 1 rings (SSSR count). The van der Waals surface area contributed by atoms with Crippen LogP contribution in [0.1, 0.15) is 31.2 Å². The quantitative estimate of drug-likeness (QED) is 0.623. The topological polar surface area (TPSA) is 55.4 Å². The Morgan fingerprint density at radius 1 is 1.17 bits per heavy atom. The van der Waals surface area contributed by atoms with E-state index in [1.54, 1.807) is 0 Å². The van der Waals surface area contributed by atoms with Gasteiger partial charge < -0.3 is 10.1 Å². The summed E-state index contributed by atoms with van der Waals surface area (Å²) >= 11 is 0. The number of nitrogens with one attached hydrogen (secondary N) is 1. The number of carbonyl (C=O) groups is 2. The summed E-state index contributed by atoms with van der Waals surface area (Å²) in [6.07, 6.45) is 2.15. The van der Waals surface area contributed by atoms with Gasteiger partial charge in [-0.15, -0.1) is 0 Å². The van der Waals surface area contributed by atoms with Gasteiger partial charge in [0.25, 0.3) is 0 Å². The van der Waals surface area contributed by atoms with E-state index < -0.39 is 0 Å². The van der Waals surface area contributed by atoms with Gasteiger partial charge in [-0.05, 0) is 31.4 Å². The molecule has 0 atom stereocenters. The second-order valence-electron chi connectivity index (χ2n) is 4.15. The highest BCUT2D eigenvalue weighted by molar-refractivity contribution is 5.91. The minimum Gasteiger partial charge on any atom is -0.469 e. The molecule has 0 aliphatic rings. The van der Waals surface area contributed by atoms with Crippen molar-refractivity contribution in [3.8, 4) is 0 Å². The van der Waals surface area contributed by atoms with Crippen LogP contribution in [0.4, 0.5) is 5.69 Å². The third kappa shape index (κ3) is 4.99. The van der Waals surface area contributed by atoms with Gasteiger partial charge in [-0.3, -0.25) is 9.59 Å². The number of methoxy groups -OCH3 is 1. The van der Waals surface area contributed by atoms with E-state index in [4.69, 9.17) is 0 Å². The van der Waals surface area contributed by atoms with Gasteiger partial charge in [0.05, 0.1) is 7.11 Å². The van der Waals surface area contributed by atoms with Gasteiger partial charge in [0.1, 0.15) is 0 Å². The van der Waals surface area contributed by atoms with E-state index in [1.807, 2.05) is 31.2 Å². The molecule has 1 aromatic rings. The molecule has 0 unspecified atom stereocenters. The van der Waals surface area contributed by atoms with Crippen molar-refractivity contribution in [3.05, 3.63) is 29.8 Å². The van der Waals surface area contributed by atoms with Crippen LogP contribution in [-0.2, 0) is 14.3 Å². The first-order chi connectivity index (χ1) is 8.63. The minimum absolute atomic E-state index is 0.0193. The standard InChI is InChI=1S/C14H19NO3/c1-11-7-3-4-8-12(11)15-13(16)9-5-6-10-14(17)18-2/h3-4,7-8H,5-6,9-10H2,1-2H3,(H,15,16). The Labute approximate surface area is 107 Å². The number of rotatable bonds is 6. The number of carbonyl (C=O) groups excluding carboxylic acids is 2. The van der Waals surface area contributed by atoms with Crippen LogP contribution in [0.25, 0.3) is 0 Å². The molecule has 0 saturated heterocycles. The van der Waals surface area contributed by atoms with Gasteiger partial charge in [-0.25, -0.2) is 0 Å². The van der Waals surface area contributed by atoms with Gasteiger partial charge in [-0.2, -0.15) is 0 Å². The fraction of sp³-hybridized carbons (Fsp3) is 0.429. The number of unbranched alkanes of at least 4 members (excludes halogenated alkanes) is 1. The summed E-state index contributed by atoms with van der Waals surface area (Å²) in [7, 11) is 1.37. The lowest BCUT2D eigenvalue weighted by Crippen LogP contribution is -2.12. The van der Waals surface area contributed by atoms with Crippen LogP contribution in [0.2, 0.25) is 0 Å². The molecule has 1 aromatic carbocycles. The SMILES string of the molecule is COC(=O)CCCCC(=O)Nc1ccccc1C. The average Bonchev–Trinajstić information content (AvgIpc) is 2.37. The molecule has 98 valence electrons. The molecule has 0 spiro atoms. The molecular weight excluding hydrogens is 230 g/mol. The second-order valence-corrected chi connectivity index (χ2v) is 4.15. The van der Waals surface area contributed by atoms with Crippen molar-refractivity contribution in [2.75, 3.05) is 12.4 Å². The van der Waals surface area contributed by atoms with E-state index >= 15 is 0 Å². The zero-order chi connectivity index (χ0) is 13.4. The fourth-order valence-corrected chi connectivity index (χ4v) is 1.58. The summed E-state index contributed by atoms with van der Waals surface area (Å²) in [4.78, 5) is 22.5. The first kappa shape index (κ1) is 14.2. The number of aryl methyl sites for hydroxylation is 1. The van der Waals surface area contributed by atoms with Crippen molar-refractivity contribution in [2.24, 2.45) is 0 Å². The molecule has 0 radical (unpaired) electrons. The van der Waals surface area contributed by atoms with E-state index in [2.05, 4.69) is 10.1 Å². The Hall–Kier alpha value is -1.84. The summed E-state index contributed by atoms with van der Waals surface area (Å²) < 4.78 is 4.53. The number of anilines is 1. The van der Waals surface area contributed by atoms with Crippen molar-refractivity contribution in [2.45, 2.75) is 32.6 Å². The van der Waals surface area contributed by atoms with Crippen molar-refractivity contribution in [3.63, 3.8) is 0 Å². The zero-order valence-corrected chi connectivity index (χ0v) is 10.9. The van der Waals surface area contributed by atoms with Crippen LogP contribution in [-0.4, -0.2) is 19.0 Å². The number of benzene rings is 1. The third-order valence-corrected chi connectivity index (χ3v) is 2.68. The number of para-hydroxylation sites is 1. The molecule has 0 heterocycles. The second kappa shape index (κ2) is 7.48. The van der Waals surface area contributed by atoms with Crippen molar-refractivity contribution in [1.82, 2.24) is 0 Å². The summed E-state index contributed by atoms with van der Waals surface area (Å²) in [6, 6.07) is 7.65. The van der Waals surface area contributed by atoms with Gasteiger partial charge >= 0.3 is 5.97 Å². The fourth-order valence-electron chi connectivity index (χ4n) is 1.58. The molecule has 18 heavy (non-hydrogen) atoms. The highest BCUT2D eigenvalue weighted by Gasteiger charge is 2.05. The van der Waals surface area contributed by atoms with Gasteiger partial charge in [-0.1, -0.05) is 18.2 Å². The largest absolute Gasteiger partial charge is 0.469 e. The predicted octanol–water partition coefficient (Wildman–Crippen LogP) is 2.67. The summed E-state index contributed by atoms with van der Waals surface area (Å²) in [5.41, 5.74) is 1.89. The van der Waals surface area contributed by atoms with E-state index in [0.29, 0.717) is 25.7 Å². The average molecular weight is 249 g/mol. The lowest BCUT2D eigenvalue weighted by atomic mass is 10.1. The smallest absolute Gasteiger partial charge is 0.305 e. The summed E-state index contributed by atoms with van der Waals surface area (Å²) in [5.74, 6) is -0.247. The van der Waals surface area contributed by atoms with Gasteiger partial charge in [0, 0.05) is 18.5 Å². The maximum atomic E-state index is 11.7. The van der Waals surface area contributed by atoms with Crippen molar-refractivity contribution < 1.29 is 14.3 Å². The monoisotopic (exact) mass is 249 g/mol. The lowest BCUT2D eigenvalue weighted by Gasteiger charge is -2.07. The molecule has 0 saturated carbocycles.